The highest BCUT2D eigenvalue weighted by Crippen LogP contribution is 2.26. The van der Waals surface area contributed by atoms with Crippen LogP contribution in [0.25, 0.3) is 11.0 Å². The molecule has 14 heavy (non-hydrogen) atoms. The summed E-state index contributed by atoms with van der Waals surface area (Å²) in [6, 6.07) is 3.21. The molecule has 1 N–H and O–H groups in total. The Bertz CT molecular complexity index is 462. The topological polar surface area (TPSA) is 25.2 Å². The Morgan fingerprint density at radius 3 is 2.93 bits per heavy atom. The van der Waals surface area contributed by atoms with E-state index < -0.39 is 0 Å². The number of aryl methyl sites for hydroxylation is 1. The fraction of sp³-hybridized carbons (Fsp3) is 0.273. The summed E-state index contributed by atoms with van der Waals surface area (Å²) in [4.78, 5) is 0. The van der Waals surface area contributed by atoms with E-state index in [1.807, 2.05) is 14.0 Å². The molecule has 0 unspecified atom stereocenters. The Morgan fingerprint density at radius 1 is 1.43 bits per heavy atom. The molecule has 1 aromatic carbocycles. The SMILES string of the molecule is CNCc1coc2c(C)ccc(F)c12. The van der Waals surface area contributed by atoms with Crippen LogP contribution in [0.2, 0.25) is 0 Å². The van der Waals surface area contributed by atoms with Gasteiger partial charge in [-0.25, -0.2) is 4.39 Å². The first kappa shape index (κ1) is 9.21. The van der Waals surface area contributed by atoms with Crippen molar-refractivity contribution in [1.82, 2.24) is 5.32 Å². The molecule has 1 heterocycles. The minimum Gasteiger partial charge on any atom is -0.464 e. The normalized spacial score (nSPS) is 11.1. The molecule has 0 aliphatic rings. The number of fused-ring (bicyclic) bond motifs is 1. The van der Waals surface area contributed by atoms with Gasteiger partial charge in [-0.05, 0) is 25.6 Å². The minimum absolute atomic E-state index is 0.218. The Hall–Kier alpha value is -1.35. The second-order valence-electron chi connectivity index (χ2n) is 3.36. The lowest BCUT2D eigenvalue weighted by Gasteiger charge is -1.98. The van der Waals surface area contributed by atoms with Gasteiger partial charge in [0.05, 0.1) is 11.6 Å². The van der Waals surface area contributed by atoms with Gasteiger partial charge in [0.2, 0.25) is 0 Å². The van der Waals surface area contributed by atoms with E-state index in [9.17, 15) is 4.39 Å². The van der Waals surface area contributed by atoms with Gasteiger partial charge >= 0.3 is 0 Å². The van der Waals surface area contributed by atoms with Crippen molar-refractivity contribution in [2.45, 2.75) is 13.5 Å². The van der Waals surface area contributed by atoms with Crippen LogP contribution in [-0.2, 0) is 6.54 Å². The first-order valence-electron chi connectivity index (χ1n) is 4.54. The van der Waals surface area contributed by atoms with Crippen LogP contribution in [0.15, 0.2) is 22.8 Å². The van der Waals surface area contributed by atoms with E-state index in [1.54, 1.807) is 12.3 Å². The molecular formula is C11H12FNO. The molecule has 0 atom stereocenters. The largest absolute Gasteiger partial charge is 0.464 e. The predicted molar refractivity (Wildman–Crippen MR) is 53.7 cm³/mol. The van der Waals surface area contributed by atoms with E-state index >= 15 is 0 Å². The van der Waals surface area contributed by atoms with E-state index in [0.29, 0.717) is 17.5 Å². The average Bonchev–Trinajstić information content (AvgIpc) is 2.58. The second-order valence-corrected chi connectivity index (χ2v) is 3.36. The number of rotatable bonds is 2. The molecule has 0 fully saturated rings. The fourth-order valence-electron chi connectivity index (χ4n) is 1.62. The molecule has 0 spiro atoms. The van der Waals surface area contributed by atoms with Crippen LogP contribution in [0.1, 0.15) is 11.1 Å². The molecule has 0 radical (unpaired) electrons. The maximum atomic E-state index is 13.5. The number of hydrogen-bond acceptors (Lipinski definition) is 2. The number of hydrogen-bond donors (Lipinski definition) is 1. The maximum absolute atomic E-state index is 13.5. The third-order valence-corrected chi connectivity index (χ3v) is 2.31. The van der Waals surface area contributed by atoms with Gasteiger partial charge in [0, 0.05) is 12.1 Å². The van der Waals surface area contributed by atoms with E-state index in [-0.39, 0.29) is 5.82 Å². The van der Waals surface area contributed by atoms with Crippen LogP contribution >= 0.6 is 0 Å². The molecule has 0 bridgehead atoms. The fourth-order valence-corrected chi connectivity index (χ4v) is 1.62. The second kappa shape index (κ2) is 3.42. The summed E-state index contributed by atoms with van der Waals surface area (Å²) in [5.41, 5.74) is 2.47. The highest BCUT2D eigenvalue weighted by molar-refractivity contribution is 5.84. The number of benzene rings is 1. The zero-order valence-electron chi connectivity index (χ0n) is 8.23. The third kappa shape index (κ3) is 1.30. The molecule has 0 saturated heterocycles. The van der Waals surface area contributed by atoms with Gasteiger partial charge in [-0.2, -0.15) is 0 Å². The van der Waals surface area contributed by atoms with Gasteiger partial charge in [0.25, 0.3) is 0 Å². The van der Waals surface area contributed by atoms with Crippen molar-refractivity contribution in [1.29, 1.82) is 0 Å². The summed E-state index contributed by atoms with van der Waals surface area (Å²) in [6.45, 7) is 2.53. The summed E-state index contributed by atoms with van der Waals surface area (Å²) in [7, 11) is 1.83. The number of nitrogens with one attached hydrogen (secondary N) is 1. The predicted octanol–water partition coefficient (Wildman–Crippen LogP) is 2.60. The van der Waals surface area contributed by atoms with Crippen LogP contribution in [0.5, 0.6) is 0 Å². The molecule has 0 aliphatic heterocycles. The van der Waals surface area contributed by atoms with Crippen LogP contribution in [0, 0.1) is 12.7 Å². The van der Waals surface area contributed by atoms with Crippen molar-refractivity contribution >= 4 is 11.0 Å². The van der Waals surface area contributed by atoms with E-state index in [2.05, 4.69) is 5.32 Å². The summed E-state index contributed by atoms with van der Waals surface area (Å²) < 4.78 is 18.8. The molecule has 0 aliphatic carbocycles. The standard InChI is InChI=1S/C11H12FNO/c1-7-3-4-9(12)10-8(5-13-2)6-14-11(7)10/h3-4,6,13H,5H2,1-2H3. The van der Waals surface area contributed by atoms with E-state index in [1.165, 1.54) is 6.07 Å². The average molecular weight is 193 g/mol. The summed E-state index contributed by atoms with van der Waals surface area (Å²) >= 11 is 0. The van der Waals surface area contributed by atoms with Crippen LogP contribution in [0.3, 0.4) is 0 Å². The van der Waals surface area contributed by atoms with Crippen molar-refractivity contribution in [2.75, 3.05) is 7.05 Å². The first-order valence-corrected chi connectivity index (χ1v) is 4.54. The Kier molecular flexibility index (Phi) is 2.25. The molecule has 74 valence electrons. The molecule has 2 nitrogen and oxygen atoms in total. The highest BCUT2D eigenvalue weighted by Gasteiger charge is 2.11. The lowest BCUT2D eigenvalue weighted by molar-refractivity contribution is 0.602. The maximum Gasteiger partial charge on any atom is 0.140 e. The van der Waals surface area contributed by atoms with Crippen molar-refractivity contribution in [3.05, 3.63) is 35.3 Å². The van der Waals surface area contributed by atoms with Crippen molar-refractivity contribution in [3.63, 3.8) is 0 Å². The van der Waals surface area contributed by atoms with Crippen molar-refractivity contribution in [3.8, 4) is 0 Å². The van der Waals surface area contributed by atoms with Crippen LogP contribution < -0.4 is 5.32 Å². The summed E-state index contributed by atoms with van der Waals surface area (Å²) in [6.07, 6.45) is 1.61. The lowest BCUT2D eigenvalue weighted by Crippen LogP contribution is -2.04. The monoisotopic (exact) mass is 193 g/mol. The Morgan fingerprint density at radius 2 is 2.21 bits per heavy atom. The zero-order chi connectivity index (χ0) is 10.1. The lowest BCUT2D eigenvalue weighted by atomic mass is 10.1. The molecule has 3 heteroatoms. The first-order chi connectivity index (χ1) is 6.74. The van der Waals surface area contributed by atoms with Gasteiger partial charge in [0.1, 0.15) is 11.4 Å². The summed E-state index contributed by atoms with van der Waals surface area (Å²) in [5.74, 6) is -0.218. The zero-order valence-corrected chi connectivity index (χ0v) is 8.23. The van der Waals surface area contributed by atoms with Crippen molar-refractivity contribution in [2.24, 2.45) is 0 Å². The minimum atomic E-state index is -0.218. The summed E-state index contributed by atoms with van der Waals surface area (Å²) in [5, 5.41) is 3.58. The van der Waals surface area contributed by atoms with Gasteiger partial charge in [-0.1, -0.05) is 6.07 Å². The van der Waals surface area contributed by atoms with Crippen LogP contribution in [-0.4, -0.2) is 7.05 Å². The third-order valence-electron chi connectivity index (χ3n) is 2.31. The molecule has 2 rings (SSSR count). The molecule has 0 amide bonds. The van der Waals surface area contributed by atoms with E-state index in [4.69, 9.17) is 4.42 Å². The van der Waals surface area contributed by atoms with Crippen LogP contribution in [0.4, 0.5) is 4.39 Å². The number of halogens is 1. The van der Waals surface area contributed by atoms with Crippen molar-refractivity contribution < 1.29 is 8.81 Å². The van der Waals surface area contributed by atoms with Gasteiger partial charge in [-0.3, -0.25) is 0 Å². The molecule has 0 saturated carbocycles. The molecule has 2 aromatic rings. The van der Waals surface area contributed by atoms with Gasteiger partial charge in [0.15, 0.2) is 0 Å². The smallest absolute Gasteiger partial charge is 0.140 e. The number of furan rings is 1. The van der Waals surface area contributed by atoms with Gasteiger partial charge < -0.3 is 9.73 Å². The quantitative estimate of drug-likeness (QED) is 0.793. The molecular weight excluding hydrogens is 181 g/mol. The van der Waals surface area contributed by atoms with E-state index in [0.717, 1.165) is 11.1 Å². The Balaban J connectivity index is 2.70. The molecule has 1 aromatic heterocycles. The van der Waals surface area contributed by atoms with Gasteiger partial charge in [-0.15, -0.1) is 0 Å². The Labute approximate surface area is 81.7 Å². The highest BCUT2D eigenvalue weighted by atomic mass is 19.1.